The number of nitrogens with zero attached hydrogens (tertiary/aromatic N) is 2. The molecule has 0 aliphatic carbocycles. The van der Waals surface area contributed by atoms with Crippen LogP contribution in [-0.2, 0) is 11.3 Å². The van der Waals surface area contributed by atoms with Gasteiger partial charge in [-0.15, -0.1) is 0 Å². The molecule has 0 unspecified atom stereocenters. The van der Waals surface area contributed by atoms with E-state index in [1.54, 1.807) is 13.4 Å². The molecule has 0 saturated carbocycles. The maximum Gasteiger partial charge on any atom is 0.240 e. The fraction of sp³-hybridized carbons (Fsp3) is 0.158. The SMILES string of the molecule is COc1ccc(C#CCNC(=O)Cn2cnc3ccccc32)cc1. The van der Waals surface area contributed by atoms with Crippen LogP contribution < -0.4 is 10.1 Å². The van der Waals surface area contributed by atoms with Crippen molar-refractivity contribution in [3.8, 4) is 17.6 Å². The maximum atomic E-state index is 12.0. The number of benzene rings is 2. The first-order valence-corrected chi connectivity index (χ1v) is 7.56. The Balaban J connectivity index is 1.53. The molecule has 0 atom stereocenters. The highest BCUT2D eigenvalue weighted by Crippen LogP contribution is 2.11. The second kappa shape index (κ2) is 7.34. The molecule has 24 heavy (non-hydrogen) atoms. The molecule has 0 radical (unpaired) electrons. The number of methoxy groups -OCH3 is 1. The summed E-state index contributed by atoms with van der Waals surface area (Å²) in [5.41, 5.74) is 2.70. The average molecular weight is 319 g/mol. The molecule has 5 nitrogen and oxygen atoms in total. The summed E-state index contributed by atoms with van der Waals surface area (Å²) in [6.45, 7) is 0.530. The quantitative estimate of drug-likeness (QED) is 0.750. The van der Waals surface area contributed by atoms with Gasteiger partial charge in [-0.2, -0.15) is 0 Å². The molecular formula is C19H17N3O2. The minimum atomic E-state index is -0.0952. The van der Waals surface area contributed by atoms with E-state index in [9.17, 15) is 4.79 Å². The molecule has 0 aliphatic rings. The third kappa shape index (κ3) is 3.73. The average Bonchev–Trinajstić information content (AvgIpc) is 3.02. The van der Waals surface area contributed by atoms with E-state index in [0.717, 1.165) is 22.3 Å². The lowest BCUT2D eigenvalue weighted by Gasteiger charge is -2.03. The Morgan fingerprint density at radius 2 is 2.00 bits per heavy atom. The van der Waals surface area contributed by atoms with Crippen molar-refractivity contribution >= 4 is 16.9 Å². The highest BCUT2D eigenvalue weighted by molar-refractivity contribution is 5.80. The van der Waals surface area contributed by atoms with E-state index in [2.05, 4.69) is 22.1 Å². The van der Waals surface area contributed by atoms with E-state index < -0.39 is 0 Å². The van der Waals surface area contributed by atoms with Gasteiger partial charge in [-0.25, -0.2) is 4.98 Å². The monoisotopic (exact) mass is 319 g/mol. The molecular weight excluding hydrogens is 302 g/mol. The Kier molecular flexibility index (Phi) is 4.78. The number of imidazole rings is 1. The molecule has 0 fully saturated rings. The topological polar surface area (TPSA) is 56.1 Å². The molecule has 3 rings (SSSR count). The molecule has 3 aromatic rings. The van der Waals surface area contributed by atoms with Gasteiger partial charge in [0.05, 0.1) is 31.0 Å². The Hall–Kier alpha value is -3.26. The van der Waals surface area contributed by atoms with Crippen molar-refractivity contribution in [1.29, 1.82) is 0 Å². The molecule has 2 aromatic carbocycles. The van der Waals surface area contributed by atoms with Crippen molar-refractivity contribution in [2.75, 3.05) is 13.7 Å². The second-order valence-electron chi connectivity index (χ2n) is 5.17. The van der Waals surface area contributed by atoms with Crippen molar-refractivity contribution in [1.82, 2.24) is 14.9 Å². The molecule has 0 bridgehead atoms. The summed E-state index contributed by atoms with van der Waals surface area (Å²) < 4.78 is 6.92. The van der Waals surface area contributed by atoms with Gasteiger partial charge in [0, 0.05) is 5.56 Å². The number of carbonyl (C=O) groups is 1. The summed E-state index contributed by atoms with van der Waals surface area (Å²) in [5.74, 6) is 6.64. The van der Waals surface area contributed by atoms with Crippen LogP contribution in [0, 0.1) is 11.8 Å². The summed E-state index contributed by atoms with van der Waals surface area (Å²) in [4.78, 5) is 16.3. The lowest BCUT2D eigenvalue weighted by atomic mass is 10.2. The van der Waals surface area contributed by atoms with E-state index in [-0.39, 0.29) is 12.5 Å². The van der Waals surface area contributed by atoms with E-state index in [0.29, 0.717) is 6.54 Å². The van der Waals surface area contributed by atoms with Crippen LogP contribution in [0.2, 0.25) is 0 Å². The van der Waals surface area contributed by atoms with Gasteiger partial charge in [-0.05, 0) is 36.4 Å². The van der Waals surface area contributed by atoms with Crippen LogP contribution in [0.3, 0.4) is 0 Å². The normalized spacial score (nSPS) is 10.0. The number of hydrogen-bond acceptors (Lipinski definition) is 3. The number of nitrogens with one attached hydrogen (secondary N) is 1. The summed E-state index contributed by atoms with van der Waals surface area (Å²) >= 11 is 0. The molecule has 120 valence electrons. The van der Waals surface area contributed by atoms with Crippen LogP contribution >= 0.6 is 0 Å². The predicted octanol–water partition coefficient (Wildman–Crippen LogP) is 2.21. The fourth-order valence-corrected chi connectivity index (χ4v) is 2.31. The highest BCUT2D eigenvalue weighted by atomic mass is 16.5. The van der Waals surface area contributed by atoms with E-state index in [1.807, 2.05) is 53.1 Å². The number of fused-ring (bicyclic) bond motifs is 1. The zero-order valence-corrected chi connectivity index (χ0v) is 13.3. The minimum Gasteiger partial charge on any atom is -0.497 e. The van der Waals surface area contributed by atoms with Gasteiger partial charge in [-0.3, -0.25) is 4.79 Å². The van der Waals surface area contributed by atoms with E-state index >= 15 is 0 Å². The summed E-state index contributed by atoms with van der Waals surface area (Å²) in [6, 6.07) is 15.2. The first kappa shape index (κ1) is 15.6. The zero-order chi connectivity index (χ0) is 16.8. The van der Waals surface area contributed by atoms with E-state index in [1.165, 1.54) is 0 Å². The molecule has 1 heterocycles. The predicted molar refractivity (Wildman–Crippen MR) is 92.6 cm³/mol. The maximum absolute atomic E-state index is 12.0. The molecule has 1 N–H and O–H groups in total. The van der Waals surface area contributed by atoms with Crippen molar-refractivity contribution < 1.29 is 9.53 Å². The molecule has 5 heteroatoms. The number of amides is 1. The highest BCUT2D eigenvalue weighted by Gasteiger charge is 2.05. The van der Waals surface area contributed by atoms with Crippen molar-refractivity contribution in [3.63, 3.8) is 0 Å². The molecule has 1 amide bonds. The smallest absolute Gasteiger partial charge is 0.240 e. The van der Waals surface area contributed by atoms with Crippen LogP contribution in [0.4, 0.5) is 0 Å². The first-order chi connectivity index (χ1) is 11.8. The first-order valence-electron chi connectivity index (χ1n) is 7.56. The van der Waals surface area contributed by atoms with Crippen molar-refractivity contribution in [3.05, 3.63) is 60.4 Å². The van der Waals surface area contributed by atoms with Gasteiger partial charge in [0.25, 0.3) is 0 Å². The third-order valence-electron chi connectivity index (χ3n) is 3.54. The minimum absolute atomic E-state index is 0.0952. The Morgan fingerprint density at radius 3 is 2.79 bits per heavy atom. The van der Waals surface area contributed by atoms with Gasteiger partial charge >= 0.3 is 0 Å². The lowest BCUT2D eigenvalue weighted by molar-refractivity contribution is -0.121. The van der Waals surface area contributed by atoms with Gasteiger partial charge < -0.3 is 14.6 Å². The third-order valence-corrected chi connectivity index (χ3v) is 3.54. The summed E-state index contributed by atoms with van der Waals surface area (Å²) in [6.07, 6.45) is 1.67. The van der Waals surface area contributed by atoms with Crippen LogP contribution in [0.1, 0.15) is 5.56 Å². The molecule has 1 aromatic heterocycles. The van der Waals surface area contributed by atoms with Crippen LogP contribution in [0.5, 0.6) is 5.75 Å². The Bertz CT molecular complexity index is 902. The van der Waals surface area contributed by atoms with Gasteiger partial charge in [-0.1, -0.05) is 24.0 Å². The number of carbonyl (C=O) groups excluding carboxylic acids is 1. The summed E-state index contributed by atoms with van der Waals surface area (Å²) in [5, 5.41) is 2.79. The van der Waals surface area contributed by atoms with Crippen LogP contribution in [0.25, 0.3) is 11.0 Å². The fourth-order valence-electron chi connectivity index (χ4n) is 2.31. The van der Waals surface area contributed by atoms with Crippen molar-refractivity contribution in [2.24, 2.45) is 0 Å². The van der Waals surface area contributed by atoms with Gasteiger partial charge in [0.1, 0.15) is 12.3 Å². The lowest BCUT2D eigenvalue weighted by Crippen LogP contribution is -2.27. The van der Waals surface area contributed by atoms with Crippen LogP contribution in [0.15, 0.2) is 54.9 Å². The zero-order valence-electron chi connectivity index (χ0n) is 13.3. The van der Waals surface area contributed by atoms with Gasteiger partial charge in [0.15, 0.2) is 0 Å². The largest absolute Gasteiger partial charge is 0.497 e. The van der Waals surface area contributed by atoms with E-state index in [4.69, 9.17) is 4.74 Å². The number of hydrogen-bond donors (Lipinski definition) is 1. The molecule has 0 saturated heterocycles. The molecule has 0 aliphatic heterocycles. The second-order valence-corrected chi connectivity index (χ2v) is 5.17. The number of rotatable bonds is 4. The Labute approximate surface area is 140 Å². The van der Waals surface area contributed by atoms with Gasteiger partial charge in [0.2, 0.25) is 5.91 Å². The number of ether oxygens (including phenoxy) is 1. The number of aromatic nitrogens is 2. The molecule has 0 spiro atoms. The standard InChI is InChI=1S/C19H17N3O2/c1-24-16-10-8-15(9-11-16)5-4-12-20-19(23)13-22-14-21-17-6-2-3-7-18(17)22/h2-3,6-11,14H,12-13H2,1H3,(H,20,23). The van der Waals surface area contributed by atoms with Crippen LogP contribution in [-0.4, -0.2) is 29.1 Å². The van der Waals surface area contributed by atoms with Crippen molar-refractivity contribution in [2.45, 2.75) is 6.54 Å². The number of para-hydroxylation sites is 2. The summed E-state index contributed by atoms with van der Waals surface area (Å²) in [7, 11) is 1.62. The Morgan fingerprint density at radius 1 is 1.21 bits per heavy atom.